The molecule has 2 aliphatic heterocycles. The predicted octanol–water partition coefficient (Wildman–Crippen LogP) is 2.36. The summed E-state index contributed by atoms with van der Waals surface area (Å²) >= 11 is 0. The highest BCUT2D eigenvalue weighted by Gasteiger charge is 2.57. The molecule has 0 aromatic carbocycles. The number of hydrogen-bond acceptors (Lipinski definition) is 4. The van der Waals surface area contributed by atoms with Crippen molar-refractivity contribution in [2.45, 2.75) is 45.7 Å². The van der Waals surface area contributed by atoms with Crippen LogP contribution in [0.1, 0.15) is 39.3 Å². The topological polar surface area (TPSA) is 56.8 Å². The third kappa shape index (κ3) is 3.27. The van der Waals surface area contributed by atoms with E-state index in [1.807, 2.05) is 25.1 Å². The van der Waals surface area contributed by atoms with E-state index >= 15 is 0 Å². The Morgan fingerprint density at radius 2 is 1.92 bits per heavy atom. The Hall–Kier alpha value is -1.95. The largest absolute Gasteiger partial charge is 0.328 e. The van der Waals surface area contributed by atoms with Crippen LogP contribution in [-0.2, 0) is 11.3 Å². The Bertz CT molecular complexity index is 624. The monoisotopic (exact) mass is 344 g/mol. The maximum Gasteiger partial charge on any atom is 0.328 e. The van der Waals surface area contributed by atoms with Crippen molar-refractivity contribution in [3.8, 4) is 0 Å². The van der Waals surface area contributed by atoms with E-state index in [0.717, 1.165) is 38.2 Å². The first-order chi connectivity index (χ1) is 12.0. The molecule has 3 rings (SSSR count). The number of urea groups is 1. The molecule has 1 aromatic heterocycles. The summed E-state index contributed by atoms with van der Waals surface area (Å²) in [6, 6.07) is 5.40. The van der Waals surface area contributed by atoms with Crippen LogP contribution in [-0.4, -0.2) is 63.3 Å². The Morgan fingerprint density at radius 3 is 2.48 bits per heavy atom. The van der Waals surface area contributed by atoms with Gasteiger partial charge in [-0.25, -0.2) is 4.79 Å². The molecule has 2 aliphatic rings. The van der Waals surface area contributed by atoms with Crippen LogP contribution in [0, 0.1) is 5.92 Å². The van der Waals surface area contributed by atoms with Gasteiger partial charge in [-0.1, -0.05) is 19.9 Å². The number of aromatic nitrogens is 1. The molecule has 0 bridgehead atoms. The lowest BCUT2D eigenvalue weighted by Crippen LogP contribution is -2.56. The van der Waals surface area contributed by atoms with Crippen molar-refractivity contribution in [1.29, 1.82) is 0 Å². The van der Waals surface area contributed by atoms with Gasteiger partial charge in [-0.3, -0.25) is 14.7 Å². The van der Waals surface area contributed by atoms with Crippen LogP contribution >= 0.6 is 0 Å². The molecule has 0 saturated carbocycles. The van der Waals surface area contributed by atoms with Gasteiger partial charge >= 0.3 is 6.03 Å². The van der Waals surface area contributed by atoms with Gasteiger partial charge in [0.2, 0.25) is 0 Å². The van der Waals surface area contributed by atoms with Gasteiger partial charge in [-0.15, -0.1) is 0 Å². The number of imide groups is 1. The van der Waals surface area contributed by atoms with Crippen molar-refractivity contribution in [2.24, 2.45) is 5.92 Å². The minimum absolute atomic E-state index is 0.0470. The number of likely N-dealkylation sites (tertiary alicyclic amines) is 1. The average Bonchev–Trinajstić information content (AvgIpc) is 2.79. The molecule has 0 radical (unpaired) electrons. The summed E-state index contributed by atoms with van der Waals surface area (Å²) in [7, 11) is 0. The zero-order valence-corrected chi connectivity index (χ0v) is 15.4. The molecule has 6 heteroatoms. The quantitative estimate of drug-likeness (QED) is 0.770. The van der Waals surface area contributed by atoms with Crippen molar-refractivity contribution >= 4 is 11.9 Å². The van der Waals surface area contributed by atoms with E-state index in [2.05, 4.69) is 23.7 Å². The van der Waals surface area contributed by atoms with Crippen LogP contribution < -0.4 is 0 Å². The zero-order chi connectivity index (χ0) is 18.0. The van der Waals surface area contributed by atoms with Crippen LogP contribution in [0.3, 0.4) is 0 Å². The zero-order valence-electron chi connectivity index (χ0n) is 15.4. The van der Waals surface area contributed by atoms with E-state index in [0.29, 0.717) is 12.5 Å². The fourth-order valence-electron chi connectivity index (χ4n) is 4.12. The van der Waals surface area contributed by atoms with Gasteiger partial charge < -0.3 is 9.80 Å². The molecule has 136 valence electrons. The molecule has 0 N–H and O–H groups in total. The summed E-state index contributed by atoms with van der Waals surface area (Å²) in [6.07, 6.45) is 3.13. The third-order valence-electron chi connectivity index (χ3n) is 5.29. The number of nitrogens with zero attached hydrogens (tertiary/aromatic N) is 4. The fourth-order valence-corrected chi connectivity index (χ4v) is 4.12. The van der Waals surface area contributed by atoms with Gasteiger partial charge in [-0.05, 0) is 37.8 Å². The number of hydrogen-bond donors (Lipinski definition) is 0. The van der Waals surface area contributed by atoms with Crippen LogP contribution in [0.5, 0.6) is 0 Å². The highest BCUT2D eigenvalue weighted by molar-refractivity contribution is 6.07. The third-order valence-corrected chi connectivity index (χ3v) is 5.29. The van der Waals surface area contributed by atoms with Crippen molar-refractivity contribution in [2.75, 3.05) is 26.2 Å². The summed E-state index contributed by atoms with van der Waals surface area (Å²) < 4.78 is 0. The summed E-state index contributed by atoms with van der Waals surface area (Å²) in [6.45, 7) is 9.97. The van der Waals surface area contributed by atoms with Crippen LogP contribution in [0.25, 0.3) is 0 Å². The lowest BCUT2D eigenvalue weighted by molar-refractivity contribution is -0.136. The van der Waals surface area contributed by atoms with Gasteiger partial charge in [0.1, 0.15) is 5.54 Å². The van der Waals surface area contributed by atoms with Crippen molar-refractivity contribution in [3.05, 3.63) is 30.1 Å². The molecule has 3 amide bonds. The van der Waals surface area contributed by atoms with Gasteiger partial charge in [0.05, 0.1) is 12.2 Å². The van der Waals surface area contributed by atoms with Crippen LogP contribution in [0.2, 0.25) is 0 Å². The summed E-state index contributed by atoms with van der Waals surface area (Å²) in [5, 5.41) is 0. The Labute approximate surface area is 149 Å². The molecule has 1 spiro atoms. The lowest BCUT2D eigenvalue weighted by atomic mass is 9.85. The highest BCUT2D eigenvalue weighted by atomic mass is 16.2. The first kappa shape index (κ1) is 17.9. The second-order valence-corrected chi connectivity index (χ2v) is 7.47. The fraction of sp³-hybridized carbons (Fsp3) is 0.632. The molecular formula is C19H28N4O2. The van der Waals surface area contributed by atoms with Crippen LogP contribution in [0.4, 0.5) is 4.79 Å². The Balaban J connectivity index is 1.78. The second-order valence-electron chi connectivity index (χ2n) is 7.47. The van der Waals surface area contributed by atoms with Crippen molar-refractivity contribution in [3.63, 3.8) is 0 Å². The van der Waals surface area contributed by atoms with Gasteiger partial charge in [0.15, 0.2) is 0 Å². The van der Waals surface area contributed by atoms with Crippen molar-refractivity contribution in [1.82, 2.24) is 19.7 Å². The number of amides is 3. The molecule has 2 fully saturated rings. The van der Waals surface area contributed by atoms with Crippen molar-refractivity contribution < 1.29 is 9.59 Å². The molecule has 3 heterocycles. The highest BCUT2D eigenvalue weighted by Crippen LogP contribution is 2.37. The van der Waals surface area contributed by atoms with E-state index in [-0.39, 0.29) is 18.5 Å². The first-order valence-electron chi connectivity index (χ1n) is 9.24. The molecule has 0 unspecified atom stereocenters. The van der Waals surface area contributed by atoms with E-state index in [4.69, 9.17) is 0 Å². The number of pyridine rings is 1. The normalized spacial score (nSPS) is 21.0. The summed E-state index contributed by atoms with van der Waals surface area (Å²) in [5.74, 6) is 0.562. The summed E-state index contributed by atoms with van der Waals surface area (Å²) in [4.78, 5) is 35.9. The molecule has 0 aliphatic carbocycles. The van der Waals surface area contributed by atoms with Gasteiger partial charge in [0, 0.05) is 32.4 Å². The molecule has 2 saturated heterocycles. The number of likely N-dealkylation sites (N-methyl/N-ethyl adjacent to an activating group) is 1. The maximum absolute atomic E-state index is 13.2. The lowest BCUT2D eigenvalue weighted by Gasteiger charge is -2.42. The Kier molecular flexibility index (Phi) is 5.08. The SMILES string of the molecule is CCN1C(=O)N(Cc2ccccn2)C(=O)C12CCN(CC(C)C)CC2. The average molecular weight is 344 g/mol. The smallest absolute Gasteiger partial charge is 0.310 e. The maximum atomic E-state index is 13.2. The van der Waals surface area contributed by atoms with E-state index < -0.39 is 5.54 Å². The number of rotatable bonds is 5. The predicted molar refractivity (Wildman–Crippen MR) is 95.8 cm³/mol. The molecule has 25 heavy (non-hydrogen) atoms. The summed E-state index contributed by atoms with van der Waals surface area (Å²) in [5.41, 5.74) is 0.0863. The standard InChI is InChI=1S/C19H28N4O2/c1-4-23-18(25)22(14-16-7-5-6-10-20-16)17(24)19(23)8-11-21(12-9-19)13-15(2)3/h5-7,10,15H,4,8-9,11-14H2,1-3H3. The van der Waals surface area contributed by atoms with E-state index in [1.54, 1.807) is 11.1 Å². The minimum Gasteiger partial charge on any atom is -0.310 e. The Morgan fingerprint density at radius 1 is 1.20 bits per heavy atom. The second kappa shape index (κ2) is 7.12. The number of piperidine rings is 1. The minimum atomic E-state index is -0.659. The first-order valence-corrected chi connectivity index (χ1v) is 9.24. The van der Waals surface area contributed by atoms with Gasteiger partial charge in [-0.2, -0.15) is 0 Å². The van der Waals surface area contributed by atoms with Crippen LogP contribution in [0.15, 0.2) is 24.4 Å². The van der Waals surface area contributed by atoms with Gasteiger partial charge in [0.25, 0.3) is 5.91 Å². The molecular weight excluding hydrogens is 316 g/mol. The molecule has 0 atom stereocenters. The molecule has 1 aromatic rings. The van der Waals surface area contributed by atoms with E-state index in [1.165, 1.54) is 4.90 Å². The number of carbonyl (C=O) groups excluding carboxylic acids is 2. The number of carbonyl (C=O) groups is 2. The van der Waals surface area contributed by atoms with E-state index in [9.17, 15) is 9.59 Å². The molecule has 6 nitrogen and oxygen atoms in total.